The number of halogens is 1. The molecule has 0 bridgehead atoms. The highest BCUT2D eigenvalue weighted by Crippen LogP contribution is 2.44. The van der Waals surface area contributed by atoms with E-state index < -0.39 is 14.4 Å². The molecule has 13 heavy (non-hydrogen) atoms. The van der Waals surface area contributed by atoms with Gasteiger partial charge in [-0.15, -0.1) is 0 Å². The maximum Gasteiger partial charge on any atom is 0.232 e. The van der Waals surface area contributed by atoms with Gasteiger partial charge in [-0.1, -0.05) is 34.1 Å². The lowest BCUT2D eigenvalue weighted by molar-refractivity contribution is 0.404. The smallest absolute Gasteiger partial charge is 0.232 e. The molecular formula is C9H12BrO2P. The molecule has 0 fully saturated rings. The van der Waals surface area contributed by atoms with E-state index in [1.807, 2.05) is 0 Å². The van der Waals surface area contributed by atoms with Gasteiger partial charge in [0.2, 0.25) is 7.37 Å². The van der Waals surface area contributed by atoms with Crippen LogP contribution in [0.2, 0.25) is 0 Å². The highest BCUT2D eigenvalue weighted by molar-refractivity contribution is 9.09. The van der Waals surface area contributed by atoms with Crippen LogP contribution in [0.1, 0.15) is 4.11 Å². The highest BCUT2D eigenvalue weighted by atomic mass is 79.9. The largest absolute Gasteiger partial charge is 0.329 e. The van der Waals surface area contributed by atoms with E-state index in [4.69, 9.17) is 8.64 Å². The fraction of sp³-hybridized carbons (Fsp3) is 0.333. The molecule has 0 radical (unpaired) electrons. The van der Waals surface area contributed by atoms with Gasteiger partial charge in [0.05, 0.1) is 4.11 Å². The summed E-state index contributed by atoms with van der Waals surface area (Å²) >= 11 is 3.15. The molecule has 1 unspecified atom stereocenters. The van der Waals surface area contributed by atoms with E-state index >= 15 is 0 Å². The van der Waals surface area contributed by atoms with Gasteiger partial charge in [0.1, 0.15) is 0 Å². The molecule has 0 aliphatic rings. The summed E-state index contributed by atoms with van der Waals surface area (Å²) in [5.41, 5.74) is 0. The SMILES string of the molecule is [2H]C([2H])([2H])OP(=O)(CCBr)c1ccccc1. The minimum Gasteiger partial charge on any atom is -0.329 e. The van der Waals surface area contributed by atoms with Crippen molar-refractivity contribution in [2.75, 3.05) is 18.5 Å². The predicted octanol–water partition coefficient (Wildman–Crippen LogP) is 2.63. The van der Waals surface area contributed by atoms with Crippen molar-refractivity contribution in [3.8, 4) is 0 Å². The maximum atomic E-state index is 12.4. The Hall–Kier alpha value is -0.110. The Balaban J connectivity index is 3.03. The van der Waals surface area contributed by atoms with Crippen molar-refractivity contribution in [1.82, 2.24) is 0 Å². The third kappa shape index (κ3) is 2.67. The molecule has 0 amide bonds. The Morgan fingerprint density at radius 2 is 2.23 bits per heavy atom. The van der Waals surface area contributed by atoms with Gasteiger partial charge in [-0.2, -0.15) is 0 Å². The average molecular weight is 266 g/mol. The van der Waals surface area contributed by atoms with Crippen molar-refractivity contribution >= 4 is 28.6 Å². The fourth-order valence-electron chi connectivity index (χ4n) is 0.994. The molecule has 1 atom stereocenters. The summed E-state index contributed by atoms with van der Waals surface area (Å²) in [5.74, 6) is 0. The predicted molar refractivity (Wildman–Crippen MR) is 59.4 cm³/mol. The molecule has 4 heteroatoms. The van der Waals surface area contributed by atoms with E-state index in [9.17, 15) is 4.57 Å². The van der Waals surface area contributed by atoms with Gasteiger partial charge >= 0.3 is 0 Å². The normalized spacial score (nSPS) is 19.6. The number of rotatable bonds is 4. The third-order valence-electron chi connectivity index (χ3n) is 1.68. The van der Waals surface area contributed by atoms with Gasteiger partial charge in [-0.25, -0.2) is 0 Å². The Morgan fingerprint density at radius 3 is 2.77 bits per heavy atom. The molecule has 0 N–H and O–H groups in total. The Bertz CT molecular complexity index is 380. The molecular weight excluding hydrogens is 251 g/mol. The number of hydrogen-bond donors (Lipinski definition) is 0. The van der Waals surface area contributed by atoms with Crippen molar-refractivity contribution in [3.63, 3.8) is 0 Å². The summed E-state index contributed by atoms with van der Waals surface area (Å²) in [7, 11) is -5.95. The van der Waals surface area contributed by atoms with E-state index in [-0.39, 0.29) is 6.16 Å². The van der Waals surface area contributed by atoms with Crippen molar-refractivity contribution in [2.24, 2.45) is 0 Å². The lowest BCUT2D eigenvalue weighted by Crippen LogP contribution is -2.09. The zero-order chi connectivity index (χ0) is 12.2. The molecule has 0 saturated heterocycles. The monoisotopic (exact) mass is 265 g/mol. The third-order valence-corrected chi connectivity index (χ3v) is 4.88. The molecule has 72 valence electrons. The molecule has 0 aromatic heterocycles. The van der Waals surface area contributed by atoms with Gasteiger partial charge in [0, 0.05) is 23.8 Å². The summed E-state index contributed by atoms with van der Waals surface area (Å²) in [5, 5.41) is 0.862. The second-order valence-corrected chi connectivity index (χ2v) is 5.80. The number of alkyl halides is 1. The van der Waals surface area contributed by atoms with Crippen LogP contribution in [-0.2, 0) is 9.09 Å². The van der Waals surface area contributed by atoms with Crippen LogP contribution >= 0.6 is 23.3 Å². The molecule has 0 aliphatic carbocycles. The highest BCUT2D eigenvalue weighted by Gasteiger charge is 2.22. The number of benzene rings is 1. The summed E-state index contributed by atoms with van der Waals surface area (Å²) < 4.78 is 38.3. The summed E-state index contributed by atoms with van der Waals surface area (Å²) in [6, 6.07) is 8.43. The standard InChI is InChI=1S/C9H12BrO2P/c1-12-13(11,8-7-10)9-5-3-2-4-6-9/h2-6H,7-8H2,1H3/i1D3. The first kappa shape index (κ1) is 7.22. The van der Waals surface area contributed by atoms with E-state index in [2.05, 4.69) is 15.9 Å². The molecule has 1 aromatic carbocycles. The first-order chi connectivity index (χ1) is 7.37. The lowest BCUT2D eigenvalue weighted by atomic mass is 10.4. The average Bonchev–Trinajstić information content (AvgIpc) is 2.16. The molecule has 0 aliphatic heterocycles. The molecule has 0 heterocycles. The summed E-state index contributed by atoms with van der Waals surface area (Å²) in [6.45, 7) is 0. The topological polar surface area (TPSA) is 26.3 Å². The summed E-state index contributed by atoms with van der Waals surface area (Å²) in [6.07, 6.45) is 0.162. The van der Waals surface area contributed by atoms with Gasteiger partial charge in [0.25, 0.3) is 0 Å². The lowest BCUT2D eigenvalue weighted by Gasteiger charge is -2.14. The zero-order valence-electron chi connectivity index (χ0n) is 9.94. The maximum absolute atomic E-state index is 12.4. The van der Waals surface area contributed by atoms with Gasteiger partial charge in [-0.05, 0) is 12.1 Å². The van der Waals surface area contributed by atoms with Crippen LogP contribution in [0.15, 0.2) is 30.3 Å². The Labute approximate surface area is 91.1 Å². The summed E-state index contributed by atoms with van der Waals surface area (Å²) in [4.78, 5) is 0. The minimum atomic E-state index is -3.30. The number of hydrogen-bond acceptors (Lipinski definition) is 2. The molecule has 1 rings (SSSR count). The second-order valence-electron chi connectivity index (χ2n) is 2.51. The zero-order valence-corrected chi connectivity index (χ0v) is 9.42. The van der Waals surface area contributed by atoms with Crippen LogP contribution in [-0.4, -0.2) is 18.5 Å². The van der Waals surface area contributed by atoms with E-state index in [0.717, 1.165) is 0 Å². The van der Waals surface area contributed by atoms with Gasteiger partial charge in [0.15, 0.2) is 0 Å². The molecule has 2 nitrogen and oxygen atoms in total. The first-order valence-corrected chi connectivity index (χ1v) is 6.72. The van der Waals surface area contributed by atoms with Crippen LogP contribution in [0.3, 0.4) is 0 Å². The van der Waals surface area contributed by atoms with E-state index in [1.165, 1.54) is 0 Å². The van der Waals surface area contributed by atoms with Crippen LogP contribution < -0.4 is 5.30 Å². The second kappa shape index (κ2) is 4.94. The molecule has 1 aromatic rings. The Morgan fingerprint density at radius 1 is 1.54 bits per heavy atom. The first-order valence-electron chi connectivity index (χ1n) is 5.29. The van der Waals surface area contributed by atoms with Crippen LogP contribution in [0.25, 0.3) is 0 Å². The van der Waals surface area contributed by atoms with Gasteiger partial charge < -0.3 is 4.52 Å². The van der Waals surface area contributed by atoms with Crippen molar-refractivity contribution in [3.05, 3.63) is 30.3 Å². The van der Waals surface area contributed by atoms with Gasteiger partial charge in [-0.3, -0.25) is 4.57 Å². The van der Waals surface area contributed by atoms with Crippen molar-refractivity contribution < 1.29 is 13.2 Å². The molecule has 0 saturated carbocycles. The quantitative estimate of drug-likeness (QED) is 0.618. The fourth-order valence-corrected chi connectivity index (χ4v) is 3.70. The van der Waals surface area contributed by atoms with E-state index in [1.54, 1.807) is 30.3 Å². The van der Waals surface area contributed by atoms with Crippen molar-refractivity contribution in [1.29, 1.82) is 0 Å². The van der Waals surface area contributed by atoms with Crippen LogP contribution in [0, 0.1) is 0 Å². The minimum absolute atomic E-state index is 0.162. The molecule has 0 spiro atoms. The Kier molecular flexibility index (Phi) is 2.74. The van der Waals surface area contributed by atoms with E-state index in [0.29, 0.717) is 10.6 Å². The van der Waals surface area contributed by atoms with Crippen LogP contribution in [0.4, 0.5) is 0 Å². The van der Waals surface area contributed by atoms with Crippen molar-refractivity contribution in [2.45, 2.75) is 0 Å². The van der Waals surface area contributed by atoms with Crippen LogP contribution in [0.5, 0.6) is 0 Å².